The van der Waals surface area contributed by atoms with Crippen LogP contribution in [0.5, 0.6) is 0 Å². The number of hydrogen-bond acceptors (Lipinski definition) is 5. The van der Waals surface area contributed by atoms with Crippen LogP contribution >= 0.6 is 22.9 Å². The van der Waals surface area contributed by atoms with Crippen molar-refractivity contribution in [3.05, 3.63) is 58.3 Å². The first-order valence-corrected chi connectivity index (χ1v) is 7.55. The van der Waals surface area contributed by atoms with Crippen LogP contribution in [0.25, 0.3) is 0 Å². The average Bonchev–Trinajstić information content (AvgIpc) is 3.02. The van der Waals surface area contributed by atoms with Gasteiger partial charge in [-0.3, -0.25) is 0 Å². The van der Waals surface area contributed by atoms with E-state index in [-0.39, 0.29) is 17.5 Å². The van der Waals surface area contributed by atoms with E-state index in [2.05, 4.69) is 10.2 Å². The van der Waals surface area contributed by atoms with Crippen LogP contribution < -0.4 is 0 Å². The van der Waals surface area contributed by atoms with Crippen LogP contribution in [0.1, 0.15) is 17.4 Å². The molecule has 0 unspecified atom stereocenters. The summed E-state index contributed by atoms with van der Waals surface area (Å²) in [5, 5.41) is 9.97. The summed E-state index contributed by atoms with van der Waals surface area (Å²) in [6.07, 6.45) is 0. The lowest BCUT2D eigenvalue weighted by atomic mass is 10.2. The summed E-state index contributed by atoms with van der Waals surface area (Å²) in [5.74, 6) is -0.513. The van der Waals surface area contributed by atoms with Crippen molar-refractivity contribution in [2.24, 2.45) is 10.2 Å². The highest BCUT2D eigenvalue weighted by molar-refractivity contribution is 7.13. The van der Waals surface area contributed by atoms with E-state index in [9.17, 15) is 4.79 Å². The van der Waals surface area contributed by atoms with Gasteiger partial charge >= 0.3 is 5.97 Å². The summed E-state index contributed by atoms with van der Waals surface area (Å²) in [5.41, 5.74) is 0.887. The first kappa shape index (κ1) is 15.4. The number of rotatable bonds is 5. The van der Waals surface area contributed by atoms with E-state index in [1.807, 2.05) is 41.8 Å². The molecule has 0 N–H and O–H groups in total. The number of benzene rings is 1. The Balaban J connectivity index is 2.31. The van der Waals surface area contributed by atoms with Gasteiger partial charge in [-0.2, -0.15) is 0 Å². The number of carbonyl (C=O) groups is 1. The van der Waals surface area contributed by atoms with Gasteiger partial charge in [0.05, 0.1) is 11.5 Å². The van der Waals surface area contributed by atoms with E-state index in [0.717, 1.165) is 5.56 Å². The van der Waals surface area contributed by atoms with Gasteiger partial charge in [0, 0.05) is 5.56 Å². The fraction of sp³-hybridized carbons (Fsp3) is 0.133. The van der Waals surface area contributed by atoms with Gasteiger partial charge in [-0.15, -0.1) is 21.5 Å². The normalized spacial score (nSPS) is 12.3. The maximum atomic E-state index is 11.9. The Morgan fingerprint density at radius 1 is 1.19 bits per heavy atom. The predicted molar refractivity (Wildman–Crippen MR) is 86.3 cm³/mol. The lowest BCUT2D eigenvalue weighted by Gasteiger charge is -2.02. The summed E-state index contributed by atoms with van der Waals surface area (Å²) in [7, 11) is 0. The minimum absolute atomic E-state index is 0.154. The van der Waals surface area contributed by atoms with Crippen LogP contribution in [0.2, 0.25) is 0 Å². The number of hydrogen-bond donors (Lipinski definition) is 0. The number of halogens is 1. The van der Waals surface area contributed by atoms with Crippen molar-refractivity contribution in [3.8, 4) is 0 Å². The van der Waals surface area contributed by atoms with Crippen molar-refractivity contribution in [1.29, 1.82) is 0 Å². The van der Waals surface area contributed by atoms with Gasteiger partial charge in [0.2, 0.25) is 0 Å². The van der Waals surface area contributed by atoms with Crippen LogP contribution in [-0.4, -0.2) is 23.5 Å². The van der Waals surface area contributed by atoms with Crippen molar-refractivity contribution in [3.63, 3.8) is 0 Å². The second kappa shape index (κ2) is 7.71. The van der Waals surface area contributed by atoms with E-state index in [0.29, 0.717) is 4.88 Å². The topological polar surface area (TPSA) is 51.0 Å². The van der Waals surface area contributed by atoms with Gasteiger partial charge in [-0.05, 0) is 18.4 Å². The average molecular weight is 321 g/mol. The maximum absolute atomic E-state index is 11.9. The SMILES string of the molecule is CCOC(=O)/C(=N/N=C(/Cl)c1ccccc1)c1cccs1. The molecule has 2 aromatic rings. The Hall–Kier alpha value is -1.98. The fourth-order valence-corrected chi connectivity index (χ4v) is 2.39. The van der Waals surface area contributed by atoms with Gasteiger partial charge < -0.3 is 4.74 Å². The third-order valence-corrected chi connectivity index (χ3v) is 3.64. The molecule has 108 valence electrons. The Morgan fingerprint density at radius 3 is 2.57 bits per heavy atom. The summed E-state index contributed by atoms with van der Waals surface area (Å²) in [4.78, 5) is 12.6. The molecule has 21 heavy (non-hydrogen) atoms. The van der Waals surface area contributed by atoms with Crippen molar-refractivity contribution in [1.82, 2.24) is 0 Å². The highest BCUT2D eigenvalue weighted by atomic mass is 35.5. The molecule has 4 nitrogen and oxygen atoms in total. The molecule has 6 heteroatoms. The van der Waals surface area contributed by atoms with Crippen molar-refractivity contribution >= 4 is 39.8 Å². The molecule has 0 radical (unpaired) electrons. The smallest absolute Gasteiger partial charge is 0.360 e. The Morgan fingerprint density at radius 2 is 1.95 bits per heavy atom. The van der Waals surface area contributed by atoms with Gasteiger partial charge in [-0.1, -0.05) is 48.0 Å². The quantitative estimate of drug-likeness (QED) is 0.479. The third-order valence-electron chi connectivity index (χ3n) is 2.47. The Kier molecular flexibility index (Phi) is 5.66. The number of nitrogens with zero attached hydrogens (tertiary/aromatic N) is 2. The summed E-state index contributed by atoms with van der Waals surface area (Å²) in [6.45, 7) is 2.02. The number of esters is 1. The molecule has 1 aromatic carbocycles. The zero-order valence-corrected chi connectivity index (χ0v) is 12.9. The van der Waals surface area contributed by atoms with E-state index in [1.54, 1.807) is 13.0 Å². The van der Waals surface area contributed by atoms with Crippen LogP contribution in [0.15, 0.2) is 58.0 Å². The Labute approximate surface area is 131 Å². The minimum Gasteiger partial charge on any atom is -0.461 e. The second-order valence-electron chi connectivity index (χ2n) is 3.90. The molecular formula is C15H13ClN2O2S. The molecule has 0 amide bonds. The van der Waals surface area contributed by atoms with Crippen molar-refractivity contribution in [2.45, 2.75) is 6.92 Å². The largest absolute Gasteiger partial charge is 0.461 e. The molecule has 0 atom stereocenters. The number of carbonyl (C=O) groups excluding carboxylic acids is 1. The first-order valence-electron chi connectivity index (χ1n) is 6.30. The molecule has 1 heterocycles. The van der Waals surface area contributed by atoms with E-state index < -0.39 is 5.97 Å². The van der Waals surface area contributed by atoms with Gasteiger partial charge in [0.1, 0.15) is 0 Å². The molecule has 0 aliphatic heterocycles. The molecule has 0 saturated heterocycles. The van der Waals surface area contributed by atoms with E-state index in [1.165, 1.54) is 11.3 Å². The molecule has 0 bridgehead atoms. The molecule has 0 aliphatic rings. The number of ether oxygens (including phenoxy) is 1. The fourth-order valence-electron chi connectivity index (χ4n) is 1.53. The van der Waals surface area contributed by atoms with E-state index in [4.69, 9.17) is 16.3 Å². The lowest BCUT2D eigenvalue weighted by Crippen LogP contribution is -2.17. The van der Waals surface area contributed by atoms with Crippen LogP contribution in [-0.2, 0) is 9.53 Å². The summed E-state index contributed by atoms with van der Waals surface area (Å²) in [6, 6.07) is 12.8. The number of thiophene rings is 1. The minimum atomic E-state index is -0.513. The van der Waals surface area contributed by atoms with Crippen LogP contribution in [0.3, 0.4) is 0 Å². The molecule has 0 aliphatic carbocycles. The zero-order valence-electron chi connectivity index (χ0n) is 11.3. The maximum Gasteiger partial charge on any atom is 0.360 e. The van der Waals surface area contributed by atoms with Gasteiger partial charge in [0.15, 0.2) is 10.9 Å². The van der Waals surface area contributed by atoms with Crippen LogP contribution in [0, 0.1) is 0 Å². The highest BCUT2D eigenvalue weighted by Crippen LogP contribution is 2.13. The molecule has 0 fully saturated rings. The second-order valence-corrected chi connectivity index (χ2v) is 5.21. The summed E-state index contributed by atoms with van der Waals surface area (Å²) < 4.78 is 4.99. The molecule has 1 aromatic heterocycles. The van der Waals surface area contributed by atoms with Gasteiger partial charge in [0.25, 0.3) is 0 Å². The zero-order chi connectivity index (χ0) is 15.1. The first-order chi connectivity index (χ1) is 10.2. The Bertz CT molecular complexity index is 652. The standard InChI is InChI=1S/C15H13ClN2O2S/c1-2-20-15(19)13(12-9-6-10-21-12)17-18-14(16)11-7-4-3-5-8-11/h3-10H,2H2,1H3/b17-13+,18-14+. The van der Waals surface area contributed by atoms with Gasteiger partial charge in [-0.25, -0.2) is 4.79 Å². The molecule has 2 rings (SSSR count). The monoisotopic (exact) mass is 320 g/mol. The van der Waals surface area contributed by atoms with Crippen molar-refractivity contribution < 1.29 is 9.53 Å². The molecular weight excluding hydrogens is 308 g/mol. The summed E-state index contributed by atoms with van der Waals surface area (Å²) >= 11 is 7.48. The highest BCUT2D eigenvalue weighted by Gasteiger charge is 2.16. The third kappa shape index (κ3) is 4.24. The lowest BCUT2D eigenvalue weighted by molar-refractivity contribution is -0.134. The van der Waals surface area contributed by atoms with E-state index >= 15 is 0 Å². The van der Waals surface area contributed by atoms with Crippen molar-refractivity contribution in [2.75, 3.05) is 6.61 Å². The van der Waals surface area contributed by atoms with Crippen LogP contribution in [0.4, 0.5) is 0 Å². The molecule has 0 spiro atoms. The molecule has 0 saturated carbocycles. The predicted octanol–water partition coefficient (Wildman–Crippen LogP) is 3.70.